The first kappa shape index (κ1) is 19.5. The molecule has 1 aliphatic carbocycles. The molecule has 0 unspecified atom stereocenters. The molecule has 31 heavy (non-hydrogen) atoms. The van der Waals surface area contributed by atoms with Gasteiger partial charge in [0.25, 0.3) is 5.91 Å². The number of benzene rings is 1. The van der Waals surface area contributed by atoms with Crippen LogP contribution in [0.1, 0.15) is 42.6 Å². The van der Waals surface area contributed by atoms with Crippen LogP contribution in [0.5, 0.6) is 5.75 Å². The maximum atomic E-state index is 13.1. The van der Waals surface area contributed by atoms with E-state index in [0.717, 1.165) is 30.2 Å². The number of imidazole rings is 1. The summed E-state index contributed by atoms with van der Waals surface area (Å²) in [6, 6.07) is 7.29. The van der Waals surface area contributed by atoms with Gasteiger partial charge in [-0.1, -0.05) is 6.92 Å². The van der Waals surface area contributed by atoms with Crippen molar-refractivity contribution in [1.29, 1.82) is 0 Å². The minimum absolute atomic E-state index is 0.121. The zero-order valence-electron chi connectivity index (χ0n) is 17.4. The molecule has 1 saturated carbocycles. The number of carbonyl (C=O) groups excluding carboxylic acids is 1. The summed E-state index contributed by atoms with van der Waals surface area (Å²) in [6.45, 7) is 2.06. The fraction of sp³-hybridized carbons (Fsp3) is 0.364. The largest absolute Gasteiger partial charge is 0.496 e. The van der Waals surface area contributed by atoms with Gasteiger partial charge in [0.2, 0.25) is 0 Å². The Morgan fingerprint density at radius 3 is 3.03 bits per heavy atom. The number of carbonyl (C=O) groups is 1. The van der Waals surface area contributed by atoms with Crippen LogP contribution in [0, 0.1) is 5.92 Å². The molecule has 3 aromatic heterocycles. The molecular weight excluding hydrogens is 396 g/mol. The van der Waals surface area contributed by atoms with Gasteiger partial charge in [-0.05, 0) is 37.5 Å². The fourth-order valence-electron chi connectivity index (χ4n) is 4.38. The van der Waals surface area contributed by atoms with Crippen molar-refractivity contribution in [2.45, 2.75) is 38.3 Å². The van der Waals surface area contributed by atoms with Crippen LogP contribution in [-0.2, 0) is 0 Å². The van der Waals surface area contributed by atoms with E-state index in [9.17, 15) is 9.90 Å². The number of rotatable bonds is 4. The third-order valence-corrected chi connectivity index (χ3v) is 6.16. The topological polar surface area (TPSA) is 107 Å². The van der Waals surface area contributed by atoms with Crippen LogP contribution in [0.15, 0.2) is 42.9 Å². The molecular formula is C22H24N6O3. The van der Waals surface area contributed by atoms with E-state index >= 15 is 0 Å². The molecule has 5 rings (SSSR count). The van der Waals surface area contributed by atoms with Gasteiger partial charge < -0.3 is 15.2 Å². The molecule has 1 fully saturated rings. The quantitative estimate of drug-likeness (QED) is 0.526. The van der Waals surface area contributed by atoms with Crippen LogP contribution >= 0.6 is 0 Å². The van der Waals surface area contributed by atoms with E-state index in [1.807, 2.05) is 16.9 Å². The van der Waals surface area contributed by atoms with Gasteiger partial charge in [0.15, 0.2) is 11.5 Å². The Labute approximate surface area is 178 Å². The van der Waals surface area contributed by atoms with Crippen LogP contribution in [0.25, 0.3) is 16.6 Å². The van der Waals surface area contributed by atoms with Crippen molar-refractivity contribution >= 4 is 28.3 Å². The molecule has 2 N–H and O–H groups in total. The smallest absolute Gasteiger partial charge is 0.260 e. The first-order valence-electron chi connectivity index (χ1n) is 10.4. The van der Waals surface area contributed by atoms with Gasteiger partial charge >= 0.3 is 0 Å². The van der Waals surface area contributed by atoms with Gasteiger partial charge in [-0.15, -0.1) is 0 Å². The highest BCUT2D eigenvalue weighted by atomic mass is 16.5. The molecule has 3 atom stereocenters. The lowest BCUT2D eigenvalue weighted by Crippen LogP contribution is -2.32. The second kappa shape index (κ2) is 7.66. The number of hydrogen-bond donors (Lipinski definition) is 2. The second-order valence-electron chi connectivity index (χ2n) is 8.04. The molecule has 0 radical (unpaired) electrons. The third-order valence-electron chi connectivity index (χ3n) is 6.16. The molecule has 4 aromatic rings. The molecule has 0 spiro atoms. The lowest BCUT2D eigenvalue weighted by molar-refractivity contribution is 0.0430. The third kappa shape index (κ3) is 3.40. The van der Waals surface area contributed by atoms with E-state index in [0.29, 0.717) is 22.8 Å². The Balaban J connectivity index is 1.48. The van der Waals surface area contributed by atoms with Crippen molar-refractivity contribution in [2.24, 2.45) is 5.92 Å². The summed E-state index contributed by atoms with van der Waals surface area (Å²) in [5.74, 6) is 0.716. The highest BCUT2D eigenvalue weighted by Crippen LogP contribution is 2.35. The lowest BCUT2D eigenvalue weighted by atomic mass is 9.83. The van der Waals surface area contributed by atoms with E-state index in [1.165, 1.54) is 7.11 Å². The SMILES string of the molecule is COc1cc2nn([C@H]3CCC[C@@H](O)[C@H]3C)cc2cc1C(=O)Nc1cnc2cccnn12. The van der Waals surface area contributed by atoms with Crippen molar-refractivity contribution in [1.82, 2.24) is 24.4 Å². The predicted molar refractivity (Wildman–Crippen MR) is 115 cm³/mol. The number of aliphatic hydroxyl groups excluding tert-OH is 1. The van der Waals surface area contributed by atoms with Crippen LogP contribution in [-0.4, -0.2) is 48.6 Å². The summed E-state index contributed by atoms with van der Waals surface area (Å²) < 4.78 is 8.98. The number of anilines is 1. The van der Waals surface area contributed by atoms with Gasteiger partial charge in [-0.25, -0.2) is 4.98 Å². The van der Waals surface area contributed by atoms with Crippen LogP contribution in [0.4, 0.5) is 5.82 Å². The zero-order valence-corrected chi connectivity index (χ0v) is 17.4. The summed E-state index contributed by atoms with van der Waals surface area (Å²) in [5.41, 5.74) is 1.79. The molecule has 1 aliphatic rings. The summed E-state index contributed by atoms with van der Waals surface area (Å²) in [7, 11) is 1.53. The first-order chi connectivity index (χ1) is 15.0. The van der Waals surface area contributed by atoms with Gasteiger partial charge in [0.1, 0.15) is 5.75 Å². The number of aliphatic hydroxyl groups is 1. The Bertz CT molecular complexity index is 1260. The van der Waals surface area contributed by atoms with Crippen molar-refractivity contribution < 1.29 is 14.6 Å². The molecule has 1 aromatic carbocycles. The van der Waals surface area contributed by atoms with Crippen molar-refractivity contribution in [3.05, 3.63) is 48.4 Å². The summed E-state index contributed by atoms with van der Waals surface area (Å²) >= 11 is 0. The van der Waals surface area contributed by atoms with E-state index in [4.69, 9.17) is 9.84 Å². The highest BCUT2D eigenvalue weighted by molar-refractivity contribution is 6.08. The average molecular weight is 420 g/mol. The van der Waals surface area contributed by atoms with Gasteiger partial charge in [0.05, 0.1) is 36.5 Å². The number of fused-ring (bicyclic) bond motifs is 2. The Morgan fingerprint density at radius 2 is 2.19 bits per heavy atom. The second-order valence-corrected chi connectivity index (χ2v) is 8.04. The maximum Gasteiger partial charge on any atom is 0.260 e. The number of ether oxygens (including phenoxy) is 1. The van der Waals surface area contributed by atoms with Gasteiger partial charge in [-0.3, -0.25) is 9.48 Å². The Kier molecular flexibility index (Phi) is 4.82. The molecule has 1 amide bonds. The minimum atomic E-state index is -0.319. The molecule has 3 heterocycles. The zero-order chi connectivity index (χ0) is 21.5. The minimum Gasteiger partial charge on any atom is -0.496 e. The van der Waals surface area contributed by atoms with Gasteiger partial charge in [0, 0.05) is 29.8 Å². The Morgan fingerprint density at radius 1 is 1.32 bits per heavy atom. The van der Waals surface area contributed by atoms with Gasteiger partial charge in [-0.2, -0.15) is 14.7 Å². The highest BCUT2D eigenvalue weighted by Gasteiger charge is 2.30. The summed E-state index contributed by atoms with van der Waals surface area (Å²) in [4.78, 5) is 17.3. The lowest BCUT2D eigenvalue weighted by Gasteiger charge is -2.33. The fourth-order valence-corrected chi connectivity index (χ4v) is 4.38. The summed E-state index contributed by atoms with van der Waals surface area (Å²) in [6.07, 6.45) is 7.60. The molecule has 9 heteroatoms. The van der Waals surface area contributed by atoms with Crippen molar-refractivity contribution in [2.75, 3.05) is 12.4 Å². The summed E-state index contributed by atoms with van der Waals surface area (Å²) in [5, 5.41) is 22.9. The Hall–Kier alpha value is -3.46. The number of aromatic nitrogens is 5. The number of nitrogens with zero attached hydrogens (tertiary/aromatic N) is 5. The number of hydrogen-bond acceptors (Lipinski definition) is 6. The number of methoxy groups -OCH3 is 1. The molecule has 9 nitrogen and oxygen atoms in total. The average Bonchev–Trinajstić information content (AvgIpc) is 3.38. The molecule has 0 saturated heterocycles. The van der Waals surface area contributed by atoms with E-state index in [-0.39, 0.29) is 24.0 Å². The standard InChI is InChI=1S/C22H24N6O3/c1-13-17(5-3-6-18(13)29)27-12-14-9-15(19(31-2)10-16(14)26-27)22(30)25-21-11-23-20-7-4-8-24-28(20)21/h4,7-13,17-18,29H,3,5-6H2,1-2H3,(H,25,30)/t13-,17-,18+/m0/s1. The first-order valence-corrected chi connectivity index (χ1v) is 10.4. The van der Waals surface area contributed by atoms with Crippen LogP contribution in [0.3, 0.4) is 0 Å². The number of amides is 1. The van der Waals surface area contributed by atoms with E-state index in [1.54, 1.807) is 35.1 Å². The van der Waals surface area contributed by atoms with E-state index in [2.05, 4.69) is 22.3 Å². The van der Waals surface area contributed by atoms with Crippen molar-refractivity contribution in [3.8, 4) is 5.75 Å². The normalized spacial score (nSPS) is 21.5. The predicted octanol–water partition coefficient (Wildman–Crippen LogP) is 3.06. The maximum absolute atomic E-state index is 13.1. The van der Waals surface area contributed by atoms with Crippen molar-refractivity contribution in [3.63, 3.8) is 0 Å². The molecule has 160 valence electrons. The van der Waals surface area contributed by atoms with Crippen LogP contribution in [0.2, 0.25) is 0 Å². The monoisotopic (exact) mass is 420 g/mol. The van der Waals surface area contributed by atoms with Crippen LogP contribution < -0.4 is 10.1 Å². The molecule has 0 aliphatic heterocycles. The molecule has 0 bridgehead atoms. The van der Waals surface area contributed by atoms with E-state index < -0.39 is 0 Å². The number of nitrogens with one attached hydrogen (secondary N) is 1.